The lowest BCUT2D eigenvalue weighted by molar-refractivity contribution is -0.120. The fraction of sp³-hybridized carbons (Fsp3) is 0.296. The summed E-state index contributed by atoms with van der Waals surface area (Å²) < 4.78 is 5.23. The number of aromatic nitrogens is 2. The SMILES string of the molecule is COc1ccc(C(CC(=O)Nc2sc3c(c2-c2nc4ccccc4[nH]2)CCCC3)NC(C)=O)cc1. The number of amides is 2. The maximum Gasteiger partial charge on any atom is 0.227 e. The Kier molecular flexibility index (Phi) is 6.55. The zero-order chi connectivity index (χ0) is 24.4. The van der Waals surface area contributed by atoms with Gasteiger partial charge >= 0.3 is 0 Å². The monoisotopic (exact) mass is 488 g/mol. The van der Waals surface area contributed by atoms with E-state index in [1.54, 1.807) is 18.4 Å². The molecule has 2 aromatic heterocycles. The third-order valence-corrected chi connectivity index (χ3v) is 7.54. The highest BCUT2D eigenvalue weighted by molar-refractivity contribution is 7.17. The number of thiophene rings is 1. The fourth-order valence-electron chi connectivity index (χ4n) is 4.67. The van der Waals surface area contributed by atoms with Crippen molar-refractivity contribution in [2.75, 3.05) is 12.4 Å². The van der Waals surface area contributed by atoms with E-state index in [-0.39, 0.29) is 18.2 Å². The van der Waals surface area contributed by atoms with Gasteiger partial charge in [-0.2, -0.15) is 0 Å². The summed E-state index contributed by atoms with van der Waals surface area (Å²) in [4.78, 5) is 34.7. The van der Waals surface area contributed by atoms with Gasteiger partial charge in [-0.25, -0.2) is 4.98 Å². The maximum atomic E-state index is 13.3. The van der Waals surface area contributed by atoms with Crippen LogP contribution in [0, 0.1) is 0 Å². The van der Waals surface area contributed by atoms with Crippen molar-refractivity contribution >= 4 is 39.2 Å². The zero-order valence-electron chi connectivity index (χ0n) is 19.8. The predicted molar refractivity (Wildman–Crippen MR) is 139 cm³/mol. The molecule has 1 atom stereocenters. The van der Waals surface area contributed by atoms with Crippen LogP contribution in [0.15, 0.2) is 48.5 Å². The van der Waals surface area contributed by atoms with Crippen molar-refractivity contribution in [3.05, 3.63) is 64.5 Å². The zero-order valence-corrected chi connectivity index (χ0v) is 20.6. The number of carbonyl (C=O) groups excluding carboxylic acids is 2. The molecule has 0 aliphatic heterocycles. The molecule has 7 nitrogen and oxygen atoms in total. The number of methoxy groups -OCH3 is 1. The fourth-order valence-corrected chi connectivity index (χ4v) is 5.98. The Hall–Kier alpha value is -3.65. The van der Waals surface area contributed by atoms with Gasteiger partial charge in [0.15, 0.2) is 0 Å². The van der Waals surface area contributed by atoms with Crippen LogP contribution in [0.3, 0.4) is 0 Å². The summed E-state index contributed by atoms with van der Waals surface area (Å²) in [6, 6.07) is 14.9. The van der Waals surface area contributed by atoms with Crippen molar-refractivity contribution in [3.63, 3.8) is 0 Å². The van der Waals surface area contributed by atoms with Gasteiger partial charge in [0.2, 0.25) is 11.8 Å². The van der Waals surface area contributed by atoms with Crippen LogP contribution in [0.25, 0.3) is 22.4 Å². The van der Waals surface area contributed by atoms with Crippen molar-refractivity contribution in [1.82, 2.24) is 15.3 Å². The molecule has 35 heavy (non-hydrogen) atoms. The summed E-state index contributed by atoms with van der Waals surface area (Å²) >= 11 is 1.64. The Bertz CT molecular complexity index is 1340. The van der Waals surface area contributed by atoms with Crippen molar-refractivity contribution < 1.29 is 14.3 Å². The van der Waals surface area contributed by atoms with E-state index >= 15 is 0 Å². The summed E-state index contributed by atoms with van der Waals surface area (Å²) in [5.74, 6) is 1.16. The van der Waals surface area contributed by atoms with Crippen LogP contribution in [0.4, 0.5) is 5.00 Å². The van der Waals surface area contributed by atoms with E-state index in [0.29, 0.717) is 0 Å². The average Bonchev–Trinajstić information content (AvgIpc) is 3.43. The molecule has 8 heteroatoms. The van der Waals surface area contributed by atoms with E-state index in [1.807, 2.05) is 48.5 Å². The summed E-state index contributed by atoms with van der Waals surface area (Å²) in [7, 11) is 1.61. The number of nitrogens with zero attached hydrogens (tertiary/aromatic N) is 1. The smallest absolute Gasteiger partial charge is 0.227 e. The molecule has 2 amide bonds. The van der Waals surface area contributed by atoms with Crippen LogP contribution in [0.5, 0.6) is 5.75 Å². The number of ether oxygens (including phenoxy) is 1. The van der Waals surface area contributed by atoms with E-state index in [2.05, 4.69) is 15.6 Å². The number of H-pyrrole nitrogens is 1. The Morgan fingerprint density at radius 2 is 1.89 bits per heavy atom. The molecular weight excluding hydrogens is 460 g/mol. The minimum Gasteiger partial charge on any atom is -0.497 e. The number of fused-ring (bicyclic) bond motifs is 2. The van der Waals surface area contributed by atoms with Crippen LogP contribution in [0.2, 0.25) is 0 Å². The first-order valence-corrected chi connectivity index (χ1v) is 12.6. The molecule has 0 saturated carbocycles. The first-order valence-electron chi connectivity index (χ1n) is 11.8. The quantitative estimate of drug-likeness (QED) is 0.325. The minimum absolute atomic E-state index is 0.119. The Balaban J connectivity index is 1.44. The van der Waals surface area contributed by atoms with Crippen LogP contribution < -0.4 is 15.4 Å². The Morgan fingerprint density at radius 1 is 1.11 bits per heavy atom. The summed E-state index contributed by atoms with van der Waals surface area (Å²) in [6.45, 7) is 1.46. The molecule has 0 saturated heterocycles. The van der Waals surface area contributed by atoms with Crippen molar-refractivity contribution in [2.45, 2.75) is 45.1 Å². The molecule has 0 fully saturated rings. The topological polar surface area (TPSA) is 96.1 Å². The number of rotatable bonds is 7. The third-order valence-electron chi connectivity index (χ3n) is 6.34. The van der Waals surface area contributed by atoms with E-state index in [9.17, 15) is 9.59 Å². The van der Waals surface area contributed by atoms with Crippen molar-refractivity contribution in [1.29, 1.82) is 0 Å². The first-order chi connectivity index (χ1) is 17.0. The average molecular weight is 489 g/mol. The predicted octanol–water partition coefficient (Wildman–Crippen LogP) is 5.38. The van der Waals surface area contributed by atoms with Gasteiger partial charge in [-0.3, -0.25) is 9.59 Å². The molecule has 2 heterocycles. The second kappa shape index (κ2) is 9.92. The second-order valence-corrected chi connectivity index (χ2v) is 9.90. The molecule has 1 unspecified atom stereocenters. The molecular formula is C27H28N4O3S. The third kappa shape index (κ3) is 4.93. The largest absolute Gasteiger partial charge is 0.497 e. The van der Waals surface area contributed by atoms with E-state index in [1.165, 1.54) is 17.4 Å². The first kappa shape index (κ1) is 23.1. The molecule has 0 radical (unpaired) electrons. The van der Waals surface area contributed by atoms with Gasteiger partial charge in [-0.1, -0.05) is 24.3 Å². The lowest BCUT2D eigenvalue weighted by atomic mass is 9.95. The lowest BCUT2D eigenvalue weighted by Crippen LogP contribution is -2.29. The number of hydrogen-bond acceptors (Lipinski definition) is 5. The van der Waals surface area contributed by atoms with E-state index in [0.717, 1.165) is 64.4 Å². The Morgan fingerprint density at radius 3 is 2.63 bits per heavy atom. The van der Waals surface area contributed by atoms with Crippen LogP contribution in [-0.4, -0.2) is 28.9 Å². The number of hydrogen-bond donors (Lipinski definition) is 3. The highest BCUT2D eigenvalue weighted by Gasteiger charge is 2.26. The van der Waals surface area contributed by atoms with Gasteiger partial charge in [0.1, 0.15) is 16.6 Å². The summed E-state index contributed by atoms with van der Waals surface area (Å²) in [5, 5.41) is 6.87. The highest BCUT2D eigenvalue weighted by atomic mass is 32.1. The normalized spacial score (nSPS) is 13.8. The van der Waals surface area contributed by atoms with Crippen molar-refractivity contribution in [3.8, 4) is 17.1 Å². The summed E-state index contributed by atoms with van der Waals surface area (Å²) in [5.41, 5.74) is 5.00. The highest BCUT2D eigenvalue weighted by Crippen LogP contribution is 2.44. The minimum atomic E-state index is -0.442. The van der Waals surface area contributed by atoms with Gasteiger partial charge in [0.05, 0.1) is 36.2 Å². The van der Waals surface area contributed by atoms with Crippen LogP contribution >= 0.6 is 11.3 Å². The number of benzene rings is 2. The van der Waals surface area contributed by atoms with E-state index < -0.39 is 6.04 Å². The van der Waals surface area contributed by atoms with Crippen LogP contribution in [-0.2, 0) is 22.4 Å². The second-order valence-electron chi connectivity index (χ2n) is 8.80. The molecule has 0 spiro atoms. The number of imidazole rings is 1. The summed E-state index contributed by atoms with van der Waals surface area (Å²) in [6.07, 6.45) is 4.40. The van der Waals surface area contributed by atoms with Gasteiger partial charge in [-0.05, 0) is 61.1 Å². The number of anilines is 1. The molecule has 2 aromatic carbocycles. The van der Waals surface area contributed by atoms with E-state index in [4.69, 9.17) is 9.72 Å². The van der Waals surface area contributed by atoms with Gasteiger partial charge in [0, 0.05) is 11.8 Å². The molecule has 180 valence electrons. The molecule has 0 bridgehead atoms. The number of nitrogens with one attached hydrogen (secondary N) is 3. The number of para-hydroxylation sites is 2. The number of aryl methyl sites for hydroxylation is 1. The molecule has 5 rings (SSSR count). The molecule has 3 N–H and O–H groups in total. The van der Waals surface area contributed by atoms with Gasteiger partial charge < -0.3 is 20.4 Å². The lowest BCUT2D eigenvalue weighted by Gasteiger charge is -2.18. The number of carbonyl (C=O) groups is 2. The van der Waals surface area contributed by atoms with Crippen LogP contribution in [0.1, 0.15) is 48.2 Å². The van der Waals surface area contributed by atoms with Crippen molar-refractivity contribution in [2.24, 2.45) is 0 Å². The van der Waals surface area contributed by atoms with Gasteiger partial charge in [0.25, 0.3) is 0 Å². The molecule has 4 aromatic rings. The maximum absolute atomic E-state index is 13.3. The number of aromatic amines is 1. The molecule has 1 aliphatic rings. The Labute approximate surface area is 207 Å². The standard InChI is InChI=1S/C27H28N4O3S/c1-16(32)28-22(17-11-13-18(34-2)14-12-17)15-24(33)31-27-25(19-7-3-6-10-23(19)35-27)26-29-20-8-4-5-9-21(20)30-26/h4-5,8-9,11-14,22H,3,6-7,10,15H2,1-2H3,(H,28,32)(H,29,30)(H,31,33). The van der Waals surface area contributed by atoms with Gasteiger partial charge in [-0.15, -0.1) is 11.3 Å². The molecule has 1 aliphatic carbocycles.